The maximum absolute atomic E-state index is 12.3. The average Bonchev–Trinajstić information content (AvgIpc) is 3.05. The van der Waals surface area contributed by atoms with Crippen LogP contribution < -0.4 is 10.5 Å². The van der Waals surface area contributed by atoms with Crippen molar-refractivity contribution in [3.8, 4) is 0 Å². The van der Waals surface area contributed by atoms with Crippen LogP contribution in [0.5, 0.6) is 0 Å². The monoisotopic (exact) mass is 301 g/mol. The molecule has 1 saturated heterocycles. The van der Waals surface area contributed by atoms with E-state index in [0.29, 0.717) is 18.1 Å². The lowest BCUT2D eigenvalue weighted by molar-refractivity contribution is 0.260. The lowest BCUT2D eigenvalue weighted by atomic mass is 10.3. The predicted octanol–water partition coefficient (Wildman–Crippen LogP) is 0.809. The first-order chi connectivity index (χ1) is 9.44. The zero-order valence-corrected chi connectivity index (χ0v) is 12.9. The highest BCUT2D eigenvalue weighted by atomic mass is 32.2. The van der Waals surface area contributed by atoms with Crippen molar-refractivity contribution in [2.45, 2.75) is 44.2 Å². The topological polar surface area (TPSA) is 88.6 Å². The molecule has 20 heavy (non-hydrogen) atoms. The number of nitrogens with one attached hydrogen (secondary N) is 1. The van der Waals surface area contributed by atoms with Gasteiger partial charge in [-0.1, -0.05) is 0 Å². The number of hydrogen-bond donors (Lipinski definition) is 2. The third kappa shape index (κ3) is 3.41. The van der Waals surface area contributed by atoms with E-state index in [0.717, 1.165) is 13.1 Å². The van der Waals surface area contributed by atoms with Crippen LogP contribution in [0.4, 0.5) is 0 Å². The Kier molecular flexibility index (Phi) is 4.85. The number of sulfonamides is 1. The summed E-state index contributed by atoms with van der Waals surface area (Å²) in [4.78, 5) is 2.49. The van der Waals surface area contributed by atoms with Gasteiger partial charge < -0.3 is 10.2 Å². The van der Waals surface area contributed by atoms with Crippen LogP contribution in [-0.4, -0.2) is 39.0 Å². The third-order valence-electron chi connectivity index (χ3n) is 3.75. The van der Waals surface area contributed by atoms with Gasteiger partial charge in [0.1, 0.15) is 16.4 Å². The van der Waals surface area contributed by atoms with Crippen molar-refractivity contribution in [2.75, 3.05) is 19.6 Å². The molecule has 6 nitrogen and oxygen atoms in total. The number of nitrogens with zero attached hydrogens (tertiary/aromatic N) is 1. The smallest absolute Gasteiger partial charge is 0.244 e. The summed E-state index contributed by atoms with van der Waals surface area (Å²) in [5.74, 6) is 0.863. The van der Waals surface area contributed by atoms with E-state index in [4.69, 9.17) is 10.2 Å². The Labute approximate surface area is 120 Å². The highest BCUT2D eigenvalue weighted by Crippen LogP contribution is 2.20. The van der Waals surface area contributed by atoms with E-state index in [9.17, 15) is 8.42 Å². The van der Waals surface area contributed by atoms with Gasteiger partial charge in [0.2, 0.25) is 10.0 Å². The summed E-state index contributed by atoms with van der Waals surface area (Å²) in [7, 11) is -3.53. The molecule has 0 radical (unpaired) electrons. The van der Waals surface area contributed by atoms with E-state index in [2.05, 4.69) is 9.62 Å². The van der Waals surface area contributed by atoms with Crippen molar-refractivity contribution in [3.63, 3.8) is 0 Å². The molecule has 1 aliphatic rings. The summed E-state index contributed by atoms with van der Waals surface area (Å²) in [6.07, 6.45) is 2.38. The fraction of sp³-hybridized carbons (Fsp3) is 0.692. The zero-order chi connectivity index (χ0) is 14.8. The van der Waals surface area contributed by atoms with E-state index >= 15 is 0 Å². The summed E-state index contributed by atoms with van der Waals surface area (Å²) in [6, 6.07) is 1.70. The third-order valence-corrected chi connectivity index (χ3v) is 5.28. The van der Waals surface area contributed by atoms with Crippen molar-refractivity contribution in [1.29, 1.82) is 0 Å². The lowest BCUT2D eigenvalue weighted by Gasteiger charge is -2.23. The second-order valence-electron chi connectivity index (χ2n) is 5.28. The number of nitrogens with two attached hydrogens (primary N) is 1. The highest BCUT2D eigenvalue weighted by Gasteiger charge is 2.24. The molecular weight excluding hydrogens is 278 g/mol. The van der Waals surface area contributed by atoms with Gasteiger partial charge in [0.25, 0.3) is 0 Å². The molecule has 114 valence electrons. The minimum Gasteiger partial charge on any atom is -0.464 e. The van der Waals surface area contributed by atoms with Crippen LogP contribution in [0.2, 0.25) is 0 Å². The summed E-state index contributed by atoms with van der Waals surface area (Å²) >= 11 is 0. The molecule has 0 amide bonds. The number of aryl methyl sites for hydroxylation is 1. The normalized spacial score (nSPS) is 18.6. The van der Waals surface area contributed by atoms with Gasteiger partial charge in [-0.15, -0.1) is 0 Å². The first-order valence-corrected chi connectivity index (χ1v) is 8.45. The molecule has 3 N–H and O–H groups in total. The van der Waals surface area contributed by atoms with Gasteiger partial charge in [0.15, 0.2) is 0 Å². The van der Waals surface area contributed by atoms with Gasteiger partial charge in [-0.2, -0.15) is 0 Å². The Hall–Kier alpha value is -0.890. The van der Waals surface area contributed by atoms with Gasteiger partial charge in [-0.3, -0.25) is 4.90 Å². The number of likely N-dealkylation sites (tertiary alicyclic amines) is 1. The molecule has 1 atom stereocenters. The molecule has 1 aromatic heterocycles. The maximum Gasteiger partial charge on any atom is 0.244 e. The van der Waals surface area contributed by atoms with Gasteiger partial charge >= 0.3 is 0 Å². The molecule has 0 saturated carbocycles. The molecule has 1 aliphatic heterocycles. The molecule has 1 aromatic rings. The fourth-order valence-corrected chi connectivity index (χ4v) is 3.83. The lowest BCUT2D eigenvalue weighted by Crippen LogP contribution is -2.40. The Balaban J connectivity index is 2.01. The molecule has 0 aromatic carbocycles. The molecular formula is C13H23N3O3S. The molecule has 1 unspecified atom stereocenters. The number of hydrogen-bond acceptors (Lipinski definition) is 5. The number of furan rings is 1. The molecule has 7 heteroatoms. The van der Waals surface area contributed by atoms with E-state index in [1.54, 1.807) is 6.92 Å². The fourth-order valence-electron chi connectivity index (χ4n) is 2.51. The Bertz CT molecular complexity index is 547. The summed E-state index contributed by atoms with van der Waals surface area (Å²) in [6.45, 7) is 6.38. The largest absolute Gasteiger partial charge is 0.464 e. The first kappa shape index (κ1) is 15.5. The predicted molar refractivity (Wildman–Crippen MR) is 76.8 cm³/mol. The highest BCUT2D eigenvalue weighted by molar-refractivity contribution is 7.89. The van der Waals surface area contributed by atoms with Crippen LogP contribution in [0.15, 0.2) is 15.4 Å². The van der Waals surface area contributed by atoms with Crippen LogP contribution in [0.1, 0.15) is 31.3 Å². The molecule has 2 heterocycles. The van der Waals surface area contributed by atoms with E-state index in [1.807, 2.05) is 6.92 Å². The van der Waals surface area contributed by atoms with Crippen molar-refractivity contribution < 1.29 is 12.8 Å². The second kappa shape index (κ2) is 6.26. The van der Waals surface area contributed by atoms with Crippen LogP contribution in [0.25, 0.3) is 0 Å². The zero-order valence-electron chi connectivity index (χ0n) is 12.1. The van der Waals surface area contributed by atoms with Crippen LogP contribution in [-0.2, 0) is 16.6 Å². The van der Waals surface area contributed by atoms with E-state index in [-0.39, 0.29) is 17.5 Å². The molecule has 1 fully saturated rings. The molecule has 0 bridgehead atoms. The minimum atomic E-state index is -3.53. The van der Waals surface area contributed by atoms with Crippen molar-refractivity contribution in [1.82, 2.24) is 9.62 Å². The Morgan fingerprint density at radius 3 is 2.65 bits per heavy atom. The second-order valence-corrected chi connectivity index (χ2v) is 7.02. The van der Waals surface area contributed by atoms with Crippen LogP contribution in [0.3, 0.4) is 0 Å². The van der Waals surface area contributed by atoms with Crippen LogP contribution >= 0.6 is 0 Å². The molecule has 0 spiro atoms. The van der Waals surface area contributed by atoms with E-state index < -0.39 is 10.0 Å². The summed E-state index contributed by atoms with van der Waals surface area (Å²) < 4.78 is 32.5. The van der Waals surface area contributed by atoms with Crippen molar-refractivity contribution in [2.24, 2.45) is 5.73 Å². The minimum absolute atomic E-state index is 0.187. The molecule has 2 rings (SSSR count). The maximum atomic E-state index is 12.3. The quantitative estimate of drug-likeness (QED) is 0.811. The summed E-state index contributed by atoms with van der Waals surface area (Å²) in [5.41, 5.74) is 5.46. The number of rotatable bonds is 6. The average molecular weight is 301 g/mol. The SMILES string of the molecule is Cc1oc(CN)cc1S(=O)(=O)NCC(C)N1CCCC1. The summed E-state index contributed by atoms with van der Waals surface area (Å²) in [5, 5.41) is 0. The van der Waals surface area contributed by atoms with Crippen LogP contribution in [0, 0.1) is 6.92 Å². The standard InChI is InChI=1S/C13H23N3O3S/c1-10(16-5-3-4-6-16)9-15-20(17,18)13-7-12(8-14)19-11(13)2/h7,10,15H,3-6,8-9,14H2,1-2H3. The Morgan fingerprint density at radius 1 is 1.45 bits per heavy atom. The van der Waals surface area contributed by atoms with Gasteiger partial charge in [-0.05, 0) is 39.8 Å². The Morgan fingerprint density at radius 2 is 2.10 bits per heavy atom. The van der Waals surface area contributed by atoms with Crippen molar-refractivity contribution >= 4 is 10.0 Å². The van der Waals surface area contributed by atoms with Gasteiger partial charge in [0.05, 0.1) is 6.54 Å². The van der Waals surface area contributed by atoms with E-state index in [1.165, 1.54) is 18.9 Å². The molecule has 0 aliphatic carbocycles. The van der Waals surface area contributed by atoms with Gasteiger partial charge in [-0.25, -0.2) is 13.1 Å². The first-order valence-electron chi connectivity index (χ1n) is 6.97. The van der Waals surface area contributed by atoms with Crippen molar-refractivity contribution in [3.05, 3.63) is 17.6 Å². The van der Waals surface area contributed by atoms with Gasteiger partial charge in [0, 0.05) is 18.7 Å².